The van der Waals surface area contributed by atoms with Crippen molar-refractivity contribution in [1.29, 1.82) is 0 Å². The van der Waals surface area contributed by atoms with Gasteiger partial charge in [0.15, 0.2) is 11.5 Å². The van der Waals surface area contributed by atoms with Crippen LogP contribution in [0.15, 0.2) is 18.2 Å². The number of likely N-dealkylation sites (N-methyl/N-ethyl adjacent to an activating group) is 1. The Morgan fingerprint density at radius 3 is 2.53 bits per heavy atom. The molecule has 4 heteroatoms. The van der Waals surface area contributed by atoms with Crippen LogP contribution in [0.1, 0.15) is 24.8 Å². The molecule has 1 aromatic carbocycles. The molecule has 3 rings (SSSR count). The Hall–Kier alpha value is -1.26. The molecular weight excluding hydrogens is 240 g/mol. The molecule has 0 atom stereocenters. The summed E-state index contributed by atoms with van der Waals surface area (Å²) < 4.78 is 11.4. The van der Waals surface area contributed by atoms with Crippen LogP contribution < -0.4 is 15.2 Å². The van der Waals surface area contributed by atoms with E-state index in [2.05, 4.69) is 18.0 Å². The summed E-state index contributed by atoms with van der Waals surface area (Å²) >= 11 is 0. The molecule has 1 aliphatic heterocycles. The predicted octanol–water partition coefficient (Wildman–Crippen LogP) is 1.73. The molecule has 0 bridgehead atoms. The maximum absolute atomic E-state index is 6.35. The Kier molecular flexibility index (Phi) is 3.15. The highest BCUT2D eigenvalue weighted by Crippen LogP contribution is 2.41. The van der Waals surface area contributed by atoms with Crippen LogP contribution in [0, 0.1) is 0 Å². The molecule has 2 fully saturated rings. The number of rotatable bonds is 4. The fourth-order valence-corrected chi connectivity index (χ4v) is 2.82. The van der Waals surface area contributed by atoms with Gasteiger partial charge in [0.05, 0.1) is 7.11 Å². The van der Waals surface area contributed by atoms with E-state index < -0.39 is 0 Å². The zero-order chi connectivity index (χ0) is 13.5. The Morgan fingerprint density at radius 1 is 1.26 bits per heavy atom. The van der Waals surface area contributed by atoms with Crippen molar-refractivity contribution in [3.8, 4) is 11.5 Å². The predicted molar refractivity (Wildman–Crippen MR) is 74.6 cm³/mol. The van der Waals surface area contributed by atoms with Crippen LogP contribution in [-0.2, 0) is 5.54 Å². The maximum atomic E-state index is 6.35. The first kappa shape index (κ1) is 12.8. The standard InChI is InChI=1S/C15H22N2O2/c1-17-9-12(10-17)19-13-5-4-11(8-14(13)18-2)15(16)6-3-7-15/h4-5,8,12H,3,6-7,9-10,16H2,1-2H3. The zero-order valence-electron chi connectivity index (χ0n) is 11.7. The highest BCUT2D eigenvalue weighted by molar-refractivity contribution is 5.45. The lowest BCUT2D eigenvalue weighted by atomic mass is 9.73. The normalized spacial score (nSPS) is 22.5. The molecule has 0 amide bonds. The van der Waals surface area contributed by atoms with Crippen molar-refractivity contribution in [2.75, 3.05) is 27.2 Å². The summed E-state index contributed by atoms with van der Waals surface area (Å²) in [5, 5.41) is 0. The van der Waals surface area contributed by atoms with Crippen LogP contribution >= 0.6 is 0 Å². The molecule has 0 radical (unpaired) electrons. The molecule has 104 valence electrons. The minimum Gasteiger partial charge on any atom is -0.493 e. The van der Waals surface area contributed by atoms with Gasteiger partial charge in [0.2, 0.25) is 0 Å². The SMILES string of the molecule is COc1cc(C2(N)CCC2)ccc1OC1CN(C)C1. The van der Waals surface area contributed by atoms with Gasteiger partial charge in [-0.2, -0.15) is 0 Å². The number of nitrogens with zero attached hydrogens (tertiary/aromatic N) is 1. The molecule has 4 nitrogen and oxygen atoms in total. The van der Waals surface area contributed by atoms with Gasteiger partial charge in [-0.1, -0.05) is 6.07 Å². The van der Waals surface area contributed by atoms with Crippen LogP contribution in [0.3, 0.4) is 0 Å². The molecule has 19 heavy (non-hydrogen) atoms. The highest BCUT2D eigenvalue weighted by Gasteiger charge is 2.35. The summed E-state index contributed by atoms with van der Waals surface area (Å²) in [6, 6.07) is 6.12. The lowest BCUT2D eigenvalue weighted by Gasteiger charge is -2.39. The Bertz CT molecular complexity index is 465. The number of methoxy groups -OCH3 is 1. The smallest absolute Gasteiger partial charge is 0.161 e. The third kappa shape index (κ3) is 2.30. The average molecular weight is 262 g/mol. The molecule has 0 unspecified atom stereocenters. The van der Waals surface area contributed by atoms with Gasteiger partial charge in [-0.25, -0.2) is 0 Å². The van der Waals surface area contributed by atoms with E-state index in [1.54, 1.807) is 7.11 Å². The molecule has 2 aliphatic rings. The Labute approximate surface area is 114 Å². The molecule has 1 saturated heterocycles. The van der Waals surface area contributed by atoms with Gasteiger partial charge in [-0.15, -0.1) is 0 Å². The van der Waals surface area contributed by atoms with Crippen LogP contribution in [0.5, 0.6) is 11.5 Å². The van der Waals surface area contributed by atoms with E-state index in [-0.39, 0.29) is 11.6 Å². The maximum Gasteiger partial charge on any atom is 0.161 e. The van der Waals surface area contributed by atoms with Gasteiger partial charge in [0, 0.05) is 18.6 Å². The molecule has 2 N–H and O–H groups in total. The van der Waals surface area contributed by atoms with E-state index in [0.29, 0.717) is 0 Å². The zero-order valence-corrected chi connectivity index (χ0v) is 11.7. The molecule has 0 aromatic heterocycles. The van der Waals surface area contributed by atoms with Gasteiger partial charge < -0.3 is 15.2 Å². The summed E-state index contributed by atoms with van der Waals surface area (Å²) in [6.45, 7) is 1.96. The molecule has 0 spiro atoms. The molecule has 1 aliphatic carbocycles. The van der Waals surface area contributed by atoms with Gasteiger partial charge in [0.25, 0.3) is 0 Å². The van der Waals surface area contributed by atoms with Gasteiger partial charge >= 0.3 is 0 Å². The third-order valence-electron chi connectivity index (χ3n) is 4.31. The lowest BCUT2D eigenvalue weighted by molar-refractivity contribution is 0.0369. The van der Waals surface area contributed by atoms with E-state index in [0.717, 1.165) is 43.0 Å². The Morgan fingerprint density at radius 2 is 2.00 bits per heavy atom. The summed E-state index contributed by atoms with van der Waals surface area (Å²) in [5.41, 5.74) is 7.36. The average Bonchev–Trinajstić information content (AvgIpc) is 2.34. The quantitative estimate of drug-likeness (QED) is 0.897. The fourth-order valence-electron chi connectivity index (χ4n) is 2.82. The number of hydrogen-bond donors (Lipinski definition) is 1. The van der Waals surface area contributed by atoms with Crippen LogP contribution in [0.2, 0.25) is 0 Å². The number of hydrogen-bond acceptors (Lipinski definition) is 4. The van der Waals surface area contributed by atoms with E-state index in [9.17, 15) is 0 Å². The van der Waals surface area contributed by atoms with E-state index in [4.69, 9.17) is 15.2 Å². The lowest BCUT2D eigenvalue weighted by Crippen LogP contribution is -2.51. The number of ether oxygens (including phenoxy) is 2. The summed E-state index contributed by atoms with van der Waals surface area (Å²) in [6.07, 6.45) is 3.61. The van der Waals surface area contributed by atoms with Crippen LogP contribution in [0.4, 0.5) is 0 Å². The topological polar surface area (TPSA) is 47.7 Å². The summed E-state index contributed by atoms with van der Waals surface area (Å²) in [7, 11) is 3.78. The number of nitrogens with two attached hydrogens (primary N) is 1. The van der Waals surface area contributed by atoms with Gasteiger partial charge in [-0.3, -0.25) is 4.90 Å². The van der Waals surface area contributed by atoms with E-state index in [1.165, 1.54) is 6.42 Å². The number of likely N-dealkylation sites (tertiary alicyclic amines) is 1. The minimum atomic E-state index is -0.150. The van der Waals surface area contributed by atoms with Gasteiger partial charge in [-0.05, 0) is 44.0 Å². The first-order valence-electron chi connectivity index (χ1n) is 6.93. The van der Waals surface area contributed by atoms with Crippen molar-refractivity contribution in [3.63, 3.8) is 0 Å². The molecule has 1 heterocycles. The molecule has 1 saturated carbocycles. The largest absolute Gasteiger partial charge is 0.493 e. The second-order valence-corrected chi connectivity index (χ2v) is 5.84. The third-order valence-corrected chi connectivity index (χ3v) is 4.31. The summed E-state index contributed by atoms with van der Waals surface area (Å²) in [5.74, 6) is 1.62. The van der Waals surface area contributed by atoms with Crippen molar-refractivity contribution in [1.82, 2.24) is 4.90 Å². The summed E-state index contributed by atoms with van der Waals surface area (Å²) in [4.78, 5) is 2.23. The monoisotopic (exact) mass is 262 g/mol. The van der Waals surface area contributed by atoms with Crippen molar-refractivity contribution >= 4 is 0 Å². The second-order valence-electron chi connectivity index (χ2n) is 5.84. The first-order valence-corrected chi connectivity index (χ1v) is 6.93. The van der Waals surface area contributed by atoms with Crippen molar-refractivity contribution in [3.05, 3.63) is 23.8 Å². The van der Waals surface area contributed by atoms with E-state index >= 15 is 0 Å². The van der Waals surface area contributed by atoms with Gasteiger partial charge in [0.1, 0.15) is 6.10 Å². The van der Waals surface area contributed by atoms with Crippen molar-refractivity contribution in [2.24, 2.45) is 5.73 Å². The van der Waals surface area contributed by atoms with Crippen LogP contribution in [-0.4, -0.2) is 38.3 Å². The van der Waals surface area contributed by atoms with E-state index in [1.807, 2.05) is 12.1 Å². The second kappa shape index (κ2) is 4.69. The molecular formula is C15H22N2O2. The number of benzene rings is 1. The van der Waals surface area contributed by atoms with Crippen molar-refractivity contribution < 1.29 is 9.47 Å². The minimum absolute atomic E-state index is 0.150. The van der Waals surface area contributed by atoms with Crippen molar-refractivity contribution in [2.45, 2.75) is 30.9 Å². The highest BCUT2D eigenvalue weighted by atomic mass is 16.5. The van der Waals surface area contributed by atoms with Crippen LogP contribution in [0.25, 0.3) is 0 Å². The Balaban J connectivity index is 1.77. The first-order chi connectivity index (χ1) is 9.10. The molecule has 1 aromatic rings. The fraction of sp³-hybridized carbons (Fsp3) is 0.600.